The molecule has 2 nitrogen and oxygen atoms in total. The topological polar surface area (TPSA) is 20.3 Å². The summed E-state index contributed by atoms with van der Waals surface area (Å²) in [5.41, 5.74) is 0.614. The van der Waals surface area contributed by atoms with Gasteiger partial charge in [0.15, 0.2) is 0 Å². The van der Waals surface area contributed by atoms with Crippen LogP contribution in [0.25, 0.3) is 0 Å². The molecule has 1 aliphatic carbocycles. The first kappa shape index (κ1) is 15.2. The molecule has 1 fully saturated rings. The molecule has 0 aliphatic heterocycles. The predicted octanol–water partition coefficient (Wildman–Crippen LogP) is 4.21. The van der Waals surface area contributed by atoms with Crippen molar-refractivity contribution < 1.29 is 9.18 Å². The Bertz CT molecular complexity index is 465. The normalized spacial score (nSPS) is 15.1. The van der Waals surface area contributed by atoms with Gasteiger partial charge in [0, 0.05) is 21.5 Å². The van der Waals surface area contributed by atoms with Crippen LogP contribution in [0.1, 0.15) is 36.0 Å². The molecule has 1 amide bonds. The Kier molecular flexibility index (Phi) is 5.62. The third-order valence-corrected chi connectivity index (χ3v) is 4.92. The molecule has 0 atom stereocenters. The highest BCUT2D eigenvalue weighted by molar-refractivity contribution is 14.1. The molecule has 0 unspecified atom stereocenters. The van der Waals surface area contributed by atoms with Crippen molar-refractivity contribution in [1.29, 1.82) is 0 Å². The molecule has 0 bridgehead atoms. The average molecular weight is 440 g/mol. The molecule has 0 aromatic heterocycles. The summed E-state index contributed by atoms with van der Waals surface area (Å²) in [7, 11) is 0. The van der Waals surface area contributed by atoms with Crippen LogP contribution in [0.3, 0.4) is 0 Å². The van der Waals surface area contributed by atoms with Crippen LogP contribution < -0.4 is 0 Å². The molecule has 2 rings (SSSR count). The molecule has 1 saturated carbocycles. The molecule has 0 spiro atoms. The molecule has 19 heavy (non-hydrogen) atoms. The van der Waals surface area contributed by atoms with Crippen molar-refractivity contribution in [3.63, 3.8) is 0 Å². The fraction of sp³-hybridized carbons (Fsp3) is 0.500. The molecule has 0 radical (unpaired) electrons. The molecule has 104 valence electrons. The lowest BCUT2D eigenvalue weighted by Gasteiger charge is -2.37. The van der Waals surface area contributed by atoms with Crippen molar-refractivity contribution in [2.24, 2.45) is 0 Å². The van der Waals surface area contributed by atoms with Crippen molar-refractivity contribution in [1.82, 2.24) is 4.90 Å². The fourth-order valence-electron chi connectivity index (χ4n) is 2.20. The molecule has 0 saturated heterocycles. The van der Waals surface area contributed by atoms with Gasteiger partial charge in [-0.15, -0.1) is 0 Å². The van der Waals surface area contributed by atoms with Gasteiger partial charge in [-0.2, -0.15) is 0 Å². The number of nitrogens with zero attached hydrogens (tertiary/aromatic N) is 1. The van der Waals surface area contributed by atoms with Crippen LogP contribution >= 0.6 is 38.5 Å². The Balaban J connectivity index is 2.17. The predicted molar refractivity (Wildman–Crippen MR) is 86.2 cm³/mol. The second-order valence-electron chi connectivity index (χ2n) is 4.75. The van der Waals surface area contributed by atoms with Crippen molar-refractivity contribution in [3.8, 4) is 0 Å². The van der Waals surface area contributed by atoms with Gasteiger partial charge in [-0.25, -0.2) is 4.39 Å². The maximum atomic E-state index is 13.1. The van der Waals surface area contributed by atoms with E-state index < -0.39 is 0 Å². The number of hydrogen-bond donors (Lipinski definition) is 0. The third kappa shape index (κ3) is 3.68. The SMILES string of the molecule is O=C(c1ccc(F)cc1I)N(CCCBr)C1CCC1. The molecular weight excluding hydrogens is 424 g/mol. The number of amides is 1. The highest BCUT2D eigenvalue weighted by Crippen LogP contribution is 2.27. The van der Waals surface area contributed by atoms with E-state index in [0.29, 0.717) is 15.2 Å². The second-order valence-corrected chi connectivity index (χ2v) is 6.71. The maximum absolute atomic E-state index is 13.1. The number of carbonyl (C=O) groups is 1. The monoisotopic (exact) mass is 439 g/mol. The van der Waals surface area contributed by atoms with Crippen molar-refractivity contribution in [2.75, 3.05) is 11.9 Å². The van der Waals surface area contributed by atoms with Gasteiger partial charge in [-0.1, -0.05) is 15.9 Å². The zero-order valence-corrected chi connectivity index (χ0v) is 14.3. The van der Waals surface area contributed by atoms with Gasteiger partial charge in [0.05, 0.1) is 5.56 Å². The van der Waals surface area contributed by atoms with Crippen LogP contribution in [0.5, 0.6) is 0 Å². The molecular formula is C14H16BrFINO. The van der Waals surface area contributed by atoms with Crippen molar-refractivity contribution in [3.05, 3.63) is 33.1 Å². The molecule has 1 aliphatic rings. The maximum Gasteiger partial charge on any atom is 0.255 e. The van der Waals surface area contributed by atoms with E-state index in [1.165, 1.54) is 18.6 Å². The zero-order chi connectivity index (χ0) is 13.8. The largest absolute Gasteiger partial charge is 0.336 e. The second kappa shape index (κ2) is 7.02. The van der Waals surface area contributed by atoms with E-state index in [9.17, 15) is 9.18 Å². The summed E-state index contributed by atoms with van der Waals surface area (Å²) in [5, 5.41) is 0.893. The van der Waals surface area contributed by atoms with E-state index in [-0.39, 0.29) is 11.7 Å². The Morgan fingerprint density at radius 2 is 2.21 bits per heavy atom. The van der Waals surface area contributed by atoms with E-state index in [1.54, 1.807) is 6.07 Å². The Morgan fingerprint density at radius 3 is 2.74 bits per heavy atom. The Labute approximate surface area is 135 Å². The van der Waals surface area contributed by atoms with Crippen LogP contribution in [0.4, 0.5) is 4.39 Å². The average Bonchev–Trinajstić information content (AvgIpc) is 2.31. The standard InChI is InChI=1S/C14H16BrFINO/c15-7-2-8-18(11-3-1-4-11)14(19)12-6-5-10(16)9-13(12)17/h5-6,9,11H,1-4,7-8H2. The highest BCUT2D eigenvalue weighted by atomic mass is 127. The van der Waals surface area contributed by atoms with Crippen LogP contribution in [0.15, 0.2) is 18.2 Å². The Hall–Kier alpha value is -0.170. The summed E-state index contributed by atoms with van der Waals surface area (Å²) < 4.78 is 13.8. The summed E-state index contributed by atoms with van der Waals surface area (Å²) >= 11 is 5.44. The van der Waals surface area contributed by atoms with E-state index >= 15 is 0 Å². The molecule has 1 aromatic carbocycles. The number of benzene rings is 1. The minimum Gasteiger partial charge on any atom is -0.336 e. The lowest BCUT2D eigenvalue weighted by atomic mass is 9.91. The first-order chi connectivity index (χ1) is 9.13. The van der Waals surface area contributed by atoms with Gasteiger partial charge in [-0.3, -0.25) is 4.79 Å². The van der Waals surface area contributed by atoms with Crippen LogP contribution in [0, 0.1) is 9.39 Å². The summed E-state index contributed by atoms with van der Waals surface area (Å²) in [6.07, 6.45) is 4.32. The lowest BCUT2D eigenvalue weighted by Crippen LogP contribution is -2.45. The minimum absolute atomic E-state index is 0.0371. The Morgan fingerprint density at radius 1 is 1.47 bits per heavy atom. The number of halogens is 3. The van der Waals surface area contributed by atoms with Crippen LogP contribution in [-0.2, 0) is 0 Å². The van der Waals surface area contributed by atoms with E-state index in [2.05, 4.69) is 15.9 Å². The molecule has 0 N–H and O–H groups in total. The van der Waals surface area contributed by atoms with E-state index in [0.717, 1.165) is 31.1 Å². The fourth-order valence-corrected chi connectivity index (χ4v) is 3.15. The summed E-state index contributed by atoms with van der Waals surface area (Å²) in [6.45, 7) is 0.766. The first-order valence-corrected chi connectivity index (χ1v) is 8.65. The summed E-state index contributed by atoms with van der Waals surface area (Å²) in [4.78, 5) is 14.6. The quantitative estimate of drug-likeness (QED) is 0.497. The smallest absolute Gasteiger partial charge is 0.255 e. The van der Waals surface area contributed by atoms with Gasteiger partial charge in [-0.05, 0) is 66.5 Å². The van der Waals surface area contributed by atoms with Gasteiger partial charge < -0.3 is 4.90 Å². The molecule has 0 heterocycles. The summed E-state index contributed by atoms with van der Waals surface area (Å²) in [5.74, 6) is -0.258. The number of hydrogen-bond acceptors (Lipinski definition) is 1. The van der Waals surface area contributed by atoms with E-state index in [4.69, 9.17) is 0 Å². The number of alkyl halides is 1. The number of rotatable bonds is 5. The number of carbonyl (C=O) groups excluding carboxylic acids is 1. The molecule has 5 heteroatoms. The minimum atomic E-state index is -0.295. The van der Waals surface area contributed by atoms with Gasteiger partial charge in [0.2, 0.25) is 0 Å². The van der Waals surface area contributed by atoms with Crippen LogP contribution in [0.2, 0.25) is 0 Å². The van der Waals surface area contributed by atoms with E-state index in [1.807, 2.05) is 27.5 Å². The van der Waals surface area contributed by atoms with Crippen LogP contribution in [-0.4, -0.2) is 28.7 Å². The molecule has 1 aromatic rings. The highest BCUT2D eigenvalue weighted by Gasteiger charge is 2.29. The summed E-state index contributed by atoms with van der Waals surface area (Å²) in [6, 6.07) is 4.74. The van der Waals surface area contributed by atoms with Crippen molar-refractivity contribution in [2.45, 2.75) is 31.7 Å². The third-order valence-electron chi connectivity index (χ3n) is 3.47. The van der Waals surface area contributed by atoms with Gasteiger partial charge in [0.1, 0.15) is 5.82 Å². The van der Waals surface area contributed by atoms with Crippen molar-refractivity contribution >= 4 is 44.4 Å². The van der Waals surface area contributed by atoms with Gasteiger partial charge in [0.25, 0.3) is 5.91 Å². The first-order valence-electron chi connectivity index (χ1n) is 6.45. The zero-order valence-electron chi connectivity index (χ0n) is 10.5. The van der Waals surface area contributed by atoms with Gasteiger partial charge >= 0.3 is 0 Å². The lowest BCUT2D eigenvalue weighted by molar-refractivity contribution is 0.0580.